The zero-order chi connectivity index (χ0) is 13.8. The van der Waals surface area contributed by atoms with E-state index in [1.807, 2.05) is 0 Å². The minimum absolute atomic E-state index is 0.125. The molecule has 1 aliphatic carbocycles. The molecule has 1 aliphatic rings. The third-order valence-electron chi connectivity index (χ3n) is 3.01. The van der Waals surface area contributed by atoms with Gasteiger partial charge in [0.25, 0.3) is 0 Å². The van der Waals surface area contributed by atoms with Crippen LogP contribution in [0.1, 0.15) is 6.42 Å². The van der Waals surface area contributed by atoms with Crippen LogP contribution < -0.4 is 10.5 Å². The SMILES string of the molecule is COCCOC1C(N)CC1Oc1cc(F)cc(F)c1. The van der Waals surface area contributed by atoms with E-state index in [1.54, 1.807) is 7.11 Å². The van der Waals surface area contributed by atoms with Gasteiger partial charge in [0.1, 0.15) is 29.6 Å². The first kappa shape index (κ1) is 14.2. The number of rotatable bonds is 6. The van der Waals surface area contributed by atoms with Crippen LogP contribution >= 0.6 is 0 Å². The van der Waals surface area contributed by atoms with E-state index in [1.165, 1.54) is 0 Å². The van der Waals surface area contributed by atoms with E-state index in [2.05, 4.69) is 0 Å². The molecule has 0 amide bonds. The third-order valence-corrected chi connectivity index (χ3v) is 3.01. The minimum Gasteiger partial charge on any atom is -0.487 e. The van der Waals surface area contributed by atoms with Gasteiger partial charge >= 0.3 is 0 Å². The Balaban J connectivity index is 1.91. The summed E-state index contributed by atoms with van der Waals surface area (Å²) in [5.41, 5.74) is 5.81. The van der Waals surface area contributed by atoms with Gasteiger partial charge in [0.15, 0.2) is 0 Å². The molecule has 6 heteroatoms. The van der Waals surface area contributed by atoms with E-state index in [9.17, 15) is 8.78 Å². The maximum absolute atomic E-state index is 13.0. The molecule has 0 spiro atoms. The lowest BCUT2D eigenvalue weighted by atomic mass is 9.86. The molecule has 0 aromatic heterocycles. The molecule has 1 fully saturated rings. The molecule has 3 atom stereocenters. The summed E-state index contributed by atoms with van der Waals surface area (Å²) in [5.74, 6) is -1.19. The van der Waals surface area contributed by atoms with Crippen LogP contribution in [0.15, 0.2) is 18.2 Å². The first-order chi connectivity index (χ1) is 9.10. The van der Waals surface area contributed by atoms with Gasteiger partial charge < -0.3 is 19.9 Å². The number of benzene rings is 1. The van der Waals surface area contributed by atoms with Crippen molar-refractivity contribution in [3.05, 3.63) is 29.8 Å². The highest BCUT2D eigenvalue weighted by atomic mass is 19.1. The van der Waals surface area contributed by atoms with Gasteiger partial charge in [-0.05, 0) is 0 Å². The molecule has 2 rings (SSSR count). The highest BCUT2D eigenvalue weighted by Crippen LogP contribution is 2.28. The van der Waals surface area contributed by atoms with Gasteiger partial charge in [0.2, 0.25) is 0 Å². The summed E-state index contributed by atoms with van der Waals surface area (Å²) in [6, 6.07) is 2.95. The van der Waals surface area contributed by atoms with Crippen molar-refractivity contribution in [1.29, 1.82) is 0 Å². The van der Waals surface area contributed by atoms with Crippen LogP contribution in [0.5, 0.6) is 5.75 Å². The lowest BCUT2D eigenvalue weighted by molar-refractivity contribution is -0.107. The molecule has 19 heavy (non-hydrogen) atoms. The van der Waals surface area contributed by atoms with E-state index in [4.69, 9.17) is 19.9 Å². The van der Waals surface area contributed by atoms with Crippen LogP contribution in [0.25, 0.3) is 0 Å². The summed E-state index contributed by atoms with van der Waals surface area (Å²) < 4.78 is 41.9. The topological polar surface area (TPSA) is 53.7 Å². The molecule has 1 aromatic carbocycles. The molecule has 0 radical (unpaired) electrons. The Morgan fingerprint density at radius 3 is 2.47 bits per heavy atom. The number of halogens is 2. The van der Waals surface area contributed by atoms with E-state index in [-0.39, 0.29) is 24.0 Å². The number of nitrogens with two attached hydrogens (primary N) is 1. The molecule has 0 bridgehead atoms. The second-order valence-electron chi connectivity index (χ2n) is 4.49. The zero-order valence-corrected chi connectivity index (χ0v) is 10.6. The van der Waals surface area contributed by atoms with E-state index >= 15 is 0 Å². The summed E-state index contributed by atoms with van der Waals surface area (Å²) in [4.78, 5) is 0. The predicted molar refractivity (Wildman–Crippen MR) is 65.0 cm³/mol. The third kappa shape index (κ3) is 3.62. The summed E-state index contributed by atoms with van der Waals surface area (Å²) in [6.07, 6.45) is 0.0324. The standard InChI is InChI=1S/C13H17F2NO3/c1-17-2-3-18-13-11(16)7-12(13)19-10-5-8(14)4-9(15)6-10/h4-6,11-13H,2-3,7,16H2,1H3. The van der Waals surface area contributed by atoms with Crippen molar-refractivity contribution in [2.45, 2.75) is 24.7 Å². The van der Waals surface area contributed by atoms with Gasteiger partial charge in [-0.2, -0.15) is 0 Å². The number of methoxy groups -OCH3 is 1. The fourth-order valence-electron chi connectivity index (χ4n) is 2.00. The van der Waals surface area contributed by atoms with Gasteiger partial charge in [-0.3, -0.25) is 0 Å². The quantitative estimate of drug-likeness (QED) is 0.798. The van der Waals surface area contributed by atoms with Crippen molar-refractivity contribution >= 4 is 0 Å². The first-order valence-electron chi connectivity index (χ1n) is 6.09. The van der Waals surface area contributed by atoms with Crippen molar-refractivity contribution in [3.8, 4) is 5.75 Å². The average molecular weight is 273 g/mol. The summed E-state index contributed by atoms with van der Waals surface area (Å²) in [5, 5.41) is 0. The Hall–Kier alpha value is -1.24. The molecule has 106 valence electrons. The average Bonchev–Trinajstić information content (AvgIpc) is 2.33. The largest absolute Gasteiger partial charge is 0.487 e. The molecule has 0 saturated heterocycles. The van der Waals surface area contributed by atoms with Crippen molar-refractivity contribution < 1.29 is 23.0 Å². The maximum atomic E-state index is 13.0. The van der Waals surface area contributed by atoms with Gasteiger partial charge in [0.05, 0.1) is 13.2 Å². The first-order valence-corrected chi connectivity index (χ1v) is 6.09. The normalized spacial score (nSPS) is 26.0. The fraction of sp³-hybridized carbons (Fsp3) is 0.538. The van der Waals surface area contributed by atoms with E-state index in [0.29, 0.717) is 19.6 Å². The Kier molecular flexibility index (Phi) is 4.68. The van der Waals surface area contributed by atoms with Crippen LogP contribution in [0.3, 0.4) is 0 Å². The minimum atomic E-state index is -0.671. The Morgan fingerprint density at radius 1 is 1.21 bits per heavy atom. The Bertz CT molecular complexity index is 410. The Morgan fingerprint density at radius 2 is 1.89 bits per heavy atom. The molecule has 4 nitrogen and oxygen atoms in total. The maximum Gasteiger partial charge on any atom is 0.129 e. The second-order valence-corrected chi connectivity index (χ2v) is 4.49. The lowest BCUT2D eigenvalue weighted by Crippen LogP contribution is -2.59. The van der Waals surface area contributed by atoms with Crippen molar-refractivity contribution in [2.75, 3.05) is 20.3 Å². The zero-order valence-electron chi connectivity index (χ0n) is 10.6. The fourth-order valence-corrected chi connectivity index (χ4v) is 2.00. The summed E-state index contributed by atoms with van der Waals surface area (Å²) in [6.45, 7) is 0.872. The van der Waals surface area contributed by atoms with Crippen LogP contribution in [0.2, 0.25) is 0 Å². The molecular weight excluding hydrogens is 256 g/mol. The predicted octanol–water partition coefficient (Wildman–Crippen LogP) is 1.47. The van der Waals surface area contributed by atoms with E-state index < -0.39 is 11.6 Å². The molecule has 2 N–H and O–H groups in total. The lowest BCUT2D eigenvalue weighted by Gasteiger charge is -2.41. The molecule has 1 aromatic rings. The van der Waals surface area contributed by atoms with E-state index in [0.717, 1.165) is 18.2 Å². The number of ether oxygens (including phenoxy) is 3. The van der Waals surface area contributed by atoms with Gasteiger partial charge in [-0.15, -0.1) is 0 Å². The molecule has 0 aliphatic heterocycles. The highest BCUT2D eigenvalue weighted by molar-refractivity contribution is 5.24. The van der Waals surface area contributed by atoms with Crippen molar-refractivity contribution in [1.82, 2.24) is 0 Å². The second kappa shape index (κ2) is 6.27. The van der Waals surface area contributed by atoms with Crippen molar-refractivity contribution in [3.63, 3.8) is 0 Å². The van der Waals surface area contributed by atoms with Crippen LogP contribution in [0.4, 0.5) is 8.78 Å². The van der Waals surface area contributed by atoms with Crippen LogP contribution in [0, 0.1) is 11.6 Å². The van der Waals surface area contributed by atoms with Crippen LogP contribution in [-0.2, 0) is 9.47 Å². The molecule has 1 saturated carbocycles. The highest BCUT2D eigenvalue weighted by Gasteiger charge is 2.41. The van der Waals surface area contributed by atoms with Crippen molar-refractivity contribution in [2.24, 2.45) is 5.73 Å². The van der Waals surface area contributed by atoms with Crippen LogP contribution in [-0.4, -0.2) is 38.6 Å². The molecule has 3 unspecified atom stereocenters. The van der Waals surface area contributed by atoms with Gasteiger partial charge in [0, 0.05) is 37.8 Å². The van der Waals surface area contributed by atoms with Gasteiger partial charge in [-0.1, -0.05) is 0 Å². The molecule has 0 heterocycles. The number of hydrogen-bond donors (Lipinski definition) is 1. The van der Waals surface area contributed by atoms with Gasteiger partial charge in [-0.25, -0.2) is 8.78 Å². The monoisotopic (exact) mass is 273 g/mol. The summed E-state index contributed by atoms with van der Waals surface area (Å²) in [7, 11) is 1.58. The summed E-state index contributed by atoms with van der Waals surface area (Å²) >= 11 is 0. The smallest absolute Gasteiger partial charge is 0.129 e. The Labute approximate surface area is 110 Å². The number of hydrogen-bond acceptors (Lipinski definition) is 4. The molecular formula is C13H17F2NO3.